The quantitative estimate of drug-likeness (QED) is 0.704. The molecule has 0 spiro atoms. The molecule has 8 nitrogen and oxygen atoms in total. The van der Waals surface area contributed by atoms with E-state index in [1.54, 1.807) is 43.3 Å². The van der Waals surface area contributed by atoms with E-state index in [0.29, 0.717) is 22.7 Å². The number of fused-ring (bicyclic) bond motifs is 1. The molecule has 9 heteroatoms. The maximum atomic E-state index is 12.9. The molecule has 0 aliphatic carbocycles. The molecule has 2 heterocycles. The van der Waals surface area contributed by atoms with E-state index in [4.69, 9.17) is 9.47 Å². The van der Waals surface area contributed by atoms with Crippen LogP contribution in [0.2, 0.25) is 0 Å². The Kier molecular flexibility index (Phi) is 4.46. The summed E-state index contributed by atoms with van der Waals surface area (Å²) in [6, 6.07) is 11.4. The second kappa shape index (κ2) is 6.83. The predicted octanol–water partition coefficient (Wildman–Crippen LogP) is 2.58. The lowest BCUT2D eigenvalue weighted by molar-refractivity contribution is -0.133. The standard InChI is InChI=1S/C19H16BrN3O5/c1-19(11-3-2-4-12(20)7-11)17(25)23(18(26)22-19)9-16(24)21-13-5-6-14-15(8-13)28-10-27-14/h2-8H,9-10H2,1H3,(H,21,24)(H,22,26)/t19-/m1/s1. The van der Waals surface area contributed by atoms with Gasteiger partial charge in [0.2, 0.25) is 12.7 Å². The number of rotatable bonds is 4. The van der Waals surface area contributed by atoms with E-state index in [9.17, 15) is 14.4 Å². The Morgan fingerprint density at radius 2 is 2.00 bits per heavy atom. The molecule has 4 rings (SSSR count). The van der Waals surface area contributed by atoms with Crippen molar-refractivity contribution in [1.29, 1.82) is 0 Å². The number of ether oxygens (including phenoxy) is 2. The van der Waals surface area contributed by atoms with Crippen LogP contribution in [0.1, 0.15) is 12.5 Å². The first-order valence-corrected chi connectivity index (χ1v) is 9.26. The molecule has 0 radical (unpaired) electrons. The van der Waals surface area contributed by atoms with Crippen molar-refractivity contribution in [3.63, 3.8) is 0 Å². The van der Waals surface area contributed by atoms with Crippen LogP contribution >= 0.6 is 15.9 Å². The second-order valence-corrected chi connectivity index (χ2v) is 7.49. The molecule has 2 aliphatic heterocycles. The summed E-state index contributed by atoms with van der Waals surface area (Å²) in [6.45, 7) is 1.34. The van der Waals surface area contributed by atoms with E-state index in [0.717, 1.165) is 9.37 Å². The Labute approximate surface area is 168 Å². The zero-order valence-corrected chi connectivity index (χ0v) is 16.4. The first-order chi connectivity index (χ1) is 13.4. The number of carbonyl (C=O) groups excluding carboxylic acids is 3. The lowest BCUT2D eigenvalue weighted by Gasteiger charge is -2.22. The fourth-order valence-electron chi connectivity index (χ4n) is 3.15. The number of amides is 4. The predicted molar refractivity (Wildman–Crippen MR) is 103 cm³/mol. The number of hydrogen-bond acceptors (Lipinski definition) is 5. The highest BCUT2D eigenvalue weighted by atomic mass is 79.9. The van der Waals surface area contributed by atoms with Crippen LogP contribution < -0.4 is 20.1 Å². The zero-order chi connectivity index (χ0) is 19.9. The summed E-state index contributed by atoms with van der Waals surface area (Å²) in [5.74, 6) is 0.129. The van der Waals surface area contributed by atoms with Crippen LogP contribution in [0, 0.1) is 0 Å². The van der Waals surface area contributed by atoms with Crippen LogP contribution in [0.4, 0.5) is 10.5 Å². The Hall–Kier alpha value is -3.07. The zero-order valence-electron chi connectivity index (χ0n) is 14.8. The van der Waals surface area contributed by atoms with Gasteiger partial charge in [-0.2, -0.15) is 0 Å². The fourth-order valence-corrected chi connectivity index (χ4v) is 3.55. The van der Waals surface area contributed by atoms with Gasteiger partial charge in [0, 0.05) is 16.2 Å². The number of halogens is 1. The Bertz CT molecular complexity index is 995. The minimum atomic E-state index is -1.24. The first-order valence-electron chi connectivity index (χ1n) is 8.46. The van der Waals surface area contributed by atoms with Gasteiger partial charge in [-0.3, -0.25) is 14.5 Å². The molecule has 0 unspecified atom stereocenters. The van der Waals surface area contributed by atoms with E-state index < -0.39 is 29.9 Å². The molecule has 0 saturated carbocycles. The minimum Gasteiger partial charge on any atom is -0.454 e. The van der Waals surface area contributed by atoms with Crippen LogP contribution in [0.3, 0.4) is 0 Å². The Morgan fingerprint density at radius 3 is 2.79 bits per heavy atom. The van der Waals surface area contributed by atoms with Gasteiger partial charge in [-0.1, -0.05) is 28.1 Å². The van der Waals surface area contributed by atoms with Crippen LogP contribution in [-0.2, 0) is 15.1 Å². The minimum absolute atomic E-state index is 0.128. The SMILES string of the molecule is C[C@]1(c2cccc(Br)c2)NC(=O)N(CC(=O)Nc2ccc3c(c2)OCO3)C1=O. The van der Waals surface area contributed by atoms with Crippen molar-refractivity contribution in [1.82, 2.24) is 10.2 Å². The van der Waals surface area contributed by atoms with Gasteiger partial charge in [-0.05, 0) is 36.8 Å². The van der Waals surface area contributed by atoms with Gasteiger partial charge < -0.3 is 20.1 Å². The number of urea groups is 1. The summed E-state index contributed by atoms with van der Waals surface area (Å²) in [5, 5.41) is 5.34. The number of anilines is 1. The highest BCUT2D eigenvalue weighted by Gasteiger charge is 2.49. The van der Waals surface area contributed by atoms with Crippen LogP contribution in [-0.4, -0.2) is 36.1 Å². The maximum absolute atomic E-state index is 12.9. The highest BCUT2D eigenvalue weighted by Crippen LogP contribution is 2.34. The van der Waals surface area contributed by atoms with Gasteiger partial charge >= 0.3 is 6.03 Å². The molecule has 1 fully saturated rings. The lowest BCUT2D eigenvalue weighted by Crippen LogP contribution is -2.42. The molecule has 1 saturated heterocycles. The van der Waals surface area contributed by atoms with E-state index in [1.807, 2.05) is 6.07 Å². The first kappa shape index (κ1) is 18.3. The van der Waals surface area contributed by atoms with Gasteiger partial charge in [0.05, 0.1) is 0 Å². The van der Waals surface area contributed by atoms with Crippen molar-refractivity contribution in [2.24, 2.45) is 0 Å². The molecule has 2 aliphatic rings. The molecule has 0 aromatic heterocycles. The second-order valence-electron chi connectivity index (χ2n) is 6.57. The molecular weight excluding hydrogens is 430 g/mol. The summed E-state index contributed by atoms with van der Waals surface area (Å²) in [5.41, 5.74) is -0.130. The summed E-state index contributed by atoms with van der Waals surface area (Å²) < 4.78 is 11.3. The van der Waals surface area contributed by atoms with Crippen molar-refractivity contribution in [2.45, 2.75) is 12.5 Å². The third kappa shape index (κ3) is 3.18. The Balaban J connectivity index is 1.48. The number of carbonyl (C=O) groups is 3. The third-order valence-corrected chi connectivity index (χ3v) is 5.13. The van der Waals surface area contributed by atoms with Crippen molar-refractivity contribution >= 4 is 39.5 Å². The van der Waals surface area contributed by atoms with Gasteiger partial charge in [0.25, 0.3) is 5.91 Å². The van der Waals surface area contributed by atoms with E-state index in [-0.39, 0.29) is 6.79 Å². The third-order valence-electron chi connectivity index (χ3n) is 4.63. The van der Waals surface area contributed by atoms with Crippen LogP contribution in [0.15, 0.2) is 46.9 Å². The summed E-state index contributed by atoms with van der Waals surface area (Å²) in [4.78, 5) is 38.6. The van der Waals surface area contributed by atoms with Crippen molar-refractivity contribution in [2.75, 3.05) is 18.7 Å². The number of imide groups is 1. The summed E-state index contributed by atoms with van der Waals surface area (Å²) >= 11 is 3.36. The summed E-state index contributed by atoms with van der Waals surface area (Å²) in [6.07, 6.45) is 0. The van der Waals surface area contributed by atoms with E-state index in [1.165, 1.54) is 0 Å². The topological polar surface area (TPSA) is 97.0 Å². The normalized spacial score (nSPS) is 20.3. The maximum Gasteiger partial charge on any atom is 0.325 e. The van der Waals surface area contributed by atoms with Gasteiger partial charge in [0.15, 0.2) is 11.5 Å². The van der Waals surface area contributed by atoms with Gasteiger partial charge in [-0.25, -0.2) is 4.79 Å². The van der Waals surface area contributed by atoms with Gasteiger partial charge in [0.1, 0.15) is 12.1 Å². The Morgan fingerprint density at radius 1 is 1.21 bits per heavy atom. The lowest BCUT2D eigenvalue weighted by atomic mass is 9.92. The summed E-state index contributed by atoms with van der Waals surface area (Å²) in [7, 11) is 0. The van der Waals surface area contributed by atoms with E-state index in [2.05, 4.69) is 26.6 Å². The largest absolute Gasteiger partial charge is 0.454 e. The average Bonchev–Trinajstić information content (AvgIpc) is 3.20. The molecule has 0 bridgehead atoms. The molecule has 2 N–H and O–H groups in total. The number of hydrogen-bond donors (Lipinski definition) is 2. The molecule has 2 aromatic rings. The van der Waals surface area contributed by atoms with E-state index >= 15 is 0 Å². The van der Waals surface area contributed by atoms with Crippen molar-refractivity contribution < 1.29 is 23.9 Å². The molecule has 28 heavy (non-hydrogen) atoms. The molecular formula is C19H16BrN3O5. The van der Waals surface area contributed by atoms with Crippen molar-refractivity contribution in [3.05, 3.63) is 52.5 Å². The molecule has 2 aromatic carbocycles. The van der Waals surface area contributed by atoms with Crippen LogP contribution in [0.5, 0.6) is 11.5 Å². The number of benzene rings is 2. The molecule has 4 amide bonds. The van der Waals surface area contributed by atoms with Gasteiger partial charge in [-0.15, -0.1) is 0 Å². The molecule has 144 valence electrons. The highest BCUT2D eigenvalue weighted by molar-refractivity contribution is 9.10. The van der Waals surface area contributed by atoms with Crippen molar-refractivity contribution in [3.8, 4) is 11.5 Å². The molecule has 1 atom stereocenters. The number of nitrogens with zero attached hydrogens (tertiary/aromatic N) is 1. The fraction of sp³-hybridized carbons (Fsp3) is 0.211. The average molecular weight is 446 g/mol. The monoisotopic (exact) mass is 445 g/mol. The van der Waals surface area contributed by atoms with Crippen LogP contribution in [0.25, 0.3) is 0 Å². The number of nitrogens with one attached hydrogen (secondary N) is 2. The smallest absolute Gasteiger partial charge is 0.325 e.